The lowest BCUT2D eigenvalue weighted by atomic mass is 9.53. The number of benzene rings is 2. The molecule has 2 aromatic rings. The number of aliphatic carboxylic acids is 2. The van der Waals surface area contributed by atoms with Crippen LogP contribution < -0.4 is 10.2 Å². The summed E-state index contributed by atoms with van der Waals surface area (Å²) in [5, 5.41) is 27.0. The second-order valence-corrected chi connectivity index (χ2v) is 20.0. The number of piperidine rings is 2. The molecule has 2 aromatic carbocycles. The van der Waals surface area contributed by atoms with Crippen molar-refractivity contribution in [3.63, 3.8) is 0 Å². The van der Waals surface area contributed by atoms with Crippen molar-refractivity contribution in [2.45, 2.75) is 169 Å². The highest BCUT2D eigenvalue weighted by Crippen LogP contribution is 2.56. The first-order chi connectivity index (χ1) is 22.1. The van der Waals surface area contributed by atoms with Crippen molar-refractivity contribution in [2.24, 2.45) is 17.3 Å². The van der Waals surface area contributed by atoms with E-state index in [1.54, 1.807) is 0 Å². The molecule has 2 saturated heterocycles. The van der Waals surface area contributed by atoms with Gasteiger partial charge in [0.1, 0.15) is 0 Å². The van der Waals surface area contributed by atoms with Gasteiger partial charge in [-0.25, -0.2) is 0 Å². The maximum absolute atomic E-state index is 13.5. The van der Waals surface area contributed by atoms with Gasteiger partial charge in [-0.3, -0.25) is 9.80 Å². The second-order valence-electron chi connectivity index (χ2n) is 20.0. The van der Waals surface area contributed by atoms with Crippen LogP contribution in [0.15, 0.2) is 48.5 Å². The maximum Gasteiger partial charge on any atom is 0.0553 e. The lowest BCUT2D eigenvalue weighted by Gasteiger charge is -2.64. The Bertz CT molecular complexity index is 1350. The average molecular weight is 673 g/mol. The number of carbonyl (C=O) groups is 2. The zero-order chi connectivity index (χ0) is 37.2. The summed E-state index contributed by atoms with van der Waals surface area (Å²) < 4.78 is 0. The Morgan fingerprint density at radius 2 is 0.796 bits per heavy atom. The van der Waals surface area contributed by atoms with Gasteiger partial charge < -0.3 is 19.8 Å². The lowest BCUT2D eigenvalue weighted by molar-refractivity contribution is -0.355. The van der Waals surface area contributed by atoms with E-state index in [4.69, 9.17) is 0 Å². The average Bonchev–Trinajstić information content (AvgIpc) is 2.91. The minimum Gasteiger partial charge on any atom is -0.549 e. The summed E-state index contributed by atoms with van der Waals surface area (Å²) in [5.74, 6) is -4.31. The number of rotatable bonds is 8. The van der Waals surface area contributed by atoms with Crippen molar-refractivity contribution in [1.29, 1.82) is 0 Å². The Hall–Kier alpha value is -2.70. The van der Waals surface area contributed by atoms with Crippen molar-refractivity contribution in [2.75, 3.05) is 0 Å². The van der Waals surface area contributed by atoms with E-state index in [2.05, 4.69) is 155 Å². The van der Waals surface area contributed by atoms with Gasteiger partial charge in [0.2, 0.25) is 0 Å². The number of carboxylic acids is 2. The Balaban J connectivity index is 1.66. The topological polar surface area (TPSA) is 86.7 Å². The first-order valence-electron chi connectivity index (χ1n) is 18.3. The van der Waals surface area contributed by atoms with Gasteiger partial charge in [0.25, 0.3) is 0 Å². The van der Waals surface area contributed by atoms with Crippen LogP contribution in [0.5, 0.6) is 0 Å². The summed E-state index contributed by atoms with van der Waals surface area (Å²) >= 11 is 0. The minimum absolute atomic E-state index is 0.0610. The van der Waals surface area contributed by atoms with Crippen molar-refractivity contribution in [1.82, 2.24) is 9.80 Å². The lowest BCUT2D eigenvalue weighted by Crippen LogP contribution is -2.71. The van der Waals surface area contributed by atoms with E-state index < -0.39 is 51.3 Å². The van der Waals surface area contributed by atoms with Crippen molar-refractivity contribution < 1.29 is 19.8 Å². The zero-order valence-electron chi connectivity index (χ0n) is 33.0. The van der Waals surface area contributed by atoms with E-state index in [1.165, 1.54) is 22.3 Å². The molecule has 0 atom stereocenters. The predicted molar refractivity (Wildman–Crippen MR) is 196 cm³/mol. The quantitative estimate of drug-likeness (QED) is 0.281. The molecule has 0 radical (unpaired) electrons. The molecule has 2 aliphatic heterocycles. The van der Waals surface area contributed by atoms with Gasteiger partial charge in [-0.1, -0.05) is 90.1 Å². The molecule has 0 bridgehead atoms. The minimum atomic E-state index is -2.12. The molecule has 0 spiro atoms. The molecule has 2 aliphatic rings. The summed E-state index contributed by atoms with van der Waals surface area (Å²) in [6.45, 7) is 31.6. The fraction of sp³-hybridized carbons (Fsp3) is 0.674. The highest BCUT2D eigenvalue weighted by Gasteiger charge is 2.59. The van der Waals surface area contributed by atoms with Gasteiger partial charge in [0.05, 0.1) is 17.4 Å². The summed E-state index contributed by atoms with van der Waals surface area (Å²) in [5.41, 5.74) is 1.01. The molecule has 0 aliphatic carbocycles. The fourth-order valence-corrected chi connectivity index (χ4v) is 9.80. The highest BCUT2D eigenvalue weighted by molar-refractivity contribution is 5.97. The Kier molecular flexibility index (Phi) is 10.2. The summed E-state index contributed by atoms with van der Waals surface area (Å²) in [4.78, 5) is 31.9. The first kappa shape index (κ1) is 39.1. The standard InChI is InChI=1S/C43H66N2O4/c1-37(2,3)31-19-15-29(16-20-31)27-44-39(7,8)23-33(24-40(44,9)10)43(35(46)47,36(48)49)34-25-41(11,12)45(42(13,14)26-34)28-30-17-21-32(22-18-30)38(4,5)6/h15-22,33-34H,23-28H2,1-14H3,(H,46,47)(H,48,49)/p-2. The van der Waals surface area contributed by atoms with Gasteiger partial charge in [0.15, 0.2) is 0 Å². The van der Waals surface area contributed by atoms with Crippen LogP contribution in [0, 0.1) is 17.3 Å². The predicted octanol–water partition coefficient (Wildman–Crippen LogP) is 7.01. The van der Waals surface area contributed by atoms with Crippen molar-refractivity contribution in [3.05, 3.63) is 70.8 Å². The molecule has 0 saturated carbocycles. The Morgan fingerprint density at radius 1 is 0.551 bits per heavy atom. The zero-order valence-corrected chi connectivity index (χ0v) is 33.0. The van der Waals surface area contributed by atoms with Crippen molar-refractivity contribution >= 4 is 11.9 Å². The molecule has 2 heterocycles. The third kappa shape index (κ3) is 7.66. The number of carbonyl (C=O) groups excluding carboxylic acids is 2. The molecule has 0 amide bonds. The molecule has 6 heteroatoms. The van der Waals surface area contributed by atoms with Gasteiger partial charge in [-0.15, -0.1) is 0 Å². The summed E-state index contributed by atoms with van der Waals surface area (Å²) in [6, 6.07) is 17.5. The molecular weight excluding hydrogens is 608 g/mol. The maximum atomic E-state index is 13.5. The molecule has 0 N–H and O–H groups in total. The molecule has 2 fully saturated rings. The van der Waals surface area contributed by atoms with Crippen LogP contribution in [0.1, 0.15) is 145 Å². The SMILES string of the molecule is CC(C)(C)c1ccc(CN2C(C)(C)CC(C(C(=O)[O-])(C(=O)[O-])C3CC(C)(C)N(Cc4ccc(C(C)(C)C)cc4)C(C)(C)C3)CC2(C)C)cc1. The second kappa shape index (κ2) is 12.8. The van der Waals surface area contributed by atoms with Crippen LogP contribution in [0.25, 0.3) is 0 Å². The van der Waals surface area contributed by atoms with Crippen LogP contribution in [0.4, 0.5) is 0 Å². The molecular formula is C43H64N2O4-2. The first-order valence-corrected chi connectivity index (χ1v) is 18.3. The van der Waals surface area contributed by atoms with E-state index in [1.807, 2.05) is 0 Å². The van der Waals surface area contributed by atoms with Gasteiger partial charge in [0, 0.05) is 35.2 Å². The van der Waals surface area contributed by atoms with E-state index in [9.17, 15) is 19.8 Å². The number of hydrogen-bond acceptors (Lipinski definition) is 6. The number of carboxylic acid groups (broad SMARTS) is 2. The van der Waals surface area contributed by atoms with Crippen LogP contribution in [-0.2, 0) is 33.5 Å². The molecule has 0 aromatic heterocycles. The summed E-state index contributed by atoms with van der Waals surface area (Å²) in [7, 11) is 0. The van der Waals surface area contributed by atoms with Gasteiger partial charge in [-0.05, 0) is 126 Å². The Labute approximate surface area is 297 Å². The molecule has 272 valence electrons. The van der Waals surface area contributed by atoms with Crippen LogP contribution in [0.3, 0.4) is 0 Å². The van der Waals surface area contributed by atoms with E-state index in [0.29, 0.717) is 38.8 Å². The third-order valence-corrected chi connectivity index (χ3v) is 12.2. The molecule has 4 rings (SSSR count). The van der Waals surface area contributed by atoms with Crippen LogP contribution in [0.2, 0.25) is 0 Å². The van der Waals surface area contributed by atoms with Crippen LogP contribution >= 0.6 is 0 Å². The van der Waals surface area contributed by atoms with Gasteiger partial charge >= 0.3 is 0 Å². The van der Waals surface area contributed by atoms with E-state index >= 15 is 0 Å². The largest absolute Gasteiger partial charge is 0.549 e. The third-order valence-electron chi connectivity index (χ3n) is 12.2. The number of nitrogens with zero attached hydrogens (tertiary/aromatic N) is 2. The monoisotopic (exact) mass is 672 g/mol. The van der Waals surface area contributed by atoms with E-state index in [-0.39, 0.29) is 10.8 Å². The normalized spacial score (nSPS) is 22.2. The molecule has 6 nitrogen and oxygen atoms in total. The number of hydrogen-bond donors (Lipinski definition) is 0. The fourth-order valence-electron chi connectivity index (χ4n) is 9.80. The Morgan fingerprint density at radius 3 is 1.00 bits per heavy atom. The van der Waals surface area contributed by atoms with E-state index in [0.717, 1.165) is 0 Å². The smallest absolute Gasteiger partial charge is 0.0553 e. The van der Waals surface area contributed by atoms with Crippen molar-refractivity contribution in [3.8, 4) is 0 Å². The number of likely N-dealkylation sites (tertiary alicyclic amines) is 2. The van der Waals surface area contributed by atoms with Crippen LogP contribution in [-0.4, -0.2) is 43.9 Å². The highest BCUT2D eigenvalue weighted by atomic mass is 16.4. The van der Waals surface area contributed by atoms with Gasteiger partial charge in [-0.2, -0.15) is 0 Å². The molecule has 49 heavy (non-hydrogen) atoms. The molecule has 0 unspecified atom stereocenters. The summed E-state index contributed by atoms with van der Waals surface area (Å²) in [6.07, 6.45) is 1.67.